The molecule has 4 aliphatic rings. The van der Waals surface area contributed by atoms with Crippen LogP contribution in [0.4, 0.5) is 0 Å². The summed E-state index contributed by atoms with van der Waals surface area (Å²) in [4.78, 5) is 0. The standard InChI is InChI=1S/2C31H41.C2H7Si.2ClH.Zr/c2*1-5-18-31(19-9-7-6-8-10-20-31)23-24-21-26-12-11-13-28(29(26)22-24)25-14-16-27(17-15-25)30(2,3)4;1-3-2;;;/h2*11-17,21-22H,5-10,18-20,23H2,1-4H3;3H,1-2H3;2*1H;/q;;;;;+2/p-2. The Balaban J connectivity index is 1.37. The Morgan fingerprint density at radius 2 is 0.838 bits per heavy atom. The SMILES string of the molecule is CCCC1(CC2=Cc3c(-c4ccc(C(C)(C)C)cc4)cccc3[CH]2[Zr]([Cl])([Cl])([CH]2C(CC3(CCC)CCCCCCC3)=Cc3c(-c4ccc(C(C)(C)C)cc4)cccc32)[SiH](C)C)CCCCCCC1. The van der Waals surface area contributed by atoms with Gasteiger partial charge in [-0.2, -0.15) is 0 Å². The molecule has 4 heteroatoms. The van der Waals surface area contributed by atoms with Gasteiger partial charge < -0.3 is 0 Å². The van der Waals surface area contributed by atoms with Crippen molar-refractivity contribution < 1.29 is 15.6 Å². The van der Waals surface area contributed by atoms with Gasteiger partial charge >= 0.3 is 428 Å². The molecule has 0 nitrogen and oxygen atoms in total. The van der Waals surface area contributed by atoms with Gasteiger partial charge in [-0.3, -0.25) is 0 Å². The topological polar surface area (TPSA) is 0 Å². The molecule has 2 unspecified atom stereocenters. The molecular weight excluding hydrogens is 959 g/mol. The Hall–Kier alpha value is -1.96. The summed E-state index contributed by atoms with van der Waals surface area (Å²) in [7, 11) is 19.0. The quantitative estimate of drug-likeness (QED) is 0.117. The van der Waals surface area contributed by atoms with E-state index in [2.05, 4.69) is 166 Å². The van der Waals surface area contributed by atoms with Crippen molar-refractivity contribution in [2.24, 2.45) is 10.8 Å². The van der Waals surface area contributed by atoms with Crippen molar-refractivity contribution in [1.82, 2.24) is 0 Å². The Labute approximate surface area is 424 Å². The zero-order chi connectivity index (χ0) is 48.6. The Kier molecular flexibility index (Phi) is 16.1. The molecule has 0 radical (unpaired) electrons. The van der Waals surface area contributed by atoms with E-state index in [1.54, 1.807) is 11.1 Å². The van der Waals surface area contributed by atoms with Crippen molar-refractivity contribution >= 4 is 35.1 Å². The fourth-order valence-corrected chi connectivity index (χ4v) is 45.7. The number of hydrogen-bond acceptors (Lipinski definition) is 0. The zero-order valence-corrected chi connectivity index (χ0v) is 49.5. The molecule has 0 heterocycles. The number of allylic oxidation sites excluding steroid dienone is 2. The molecule has 4 aromatic carbocycles. The summed E-state index contributed by atoms with van der Waals surface area (Å²) in [6, 6.07) is 33.5. The Bertz CT molecular complexity index is 2260. The van der Waals surface area contributed by atoms with Crippen LogP contribution in [0.25, 0.3) is 34.4 Å². The fourth-order valence-electron chi connectivity index (χ4n) is 14.4. The van der Waals surface area contributed by atoms with Crippen LogP contribution in [0.15, 0.2) is 96.1 Å². The van der Waals surface area contributed by atoms with Gasteiger partial charge in [-0.1, -0.05) is 0 Å². The molecule has 0 aromatic heterocycles. The van der Waals surface area contributed by atoms with Gasteiger partial charge in [0.15, 0.2) is 0 Å². The normalized spacial score (nSPS) is 21.6. The van der Waals surface area contributed by atoms with Gasteiger partial charge in [0.1, 0.15) is 0 Å². The van der Waals surface area contributed by atoms with Crippen LogP contribution in [0, 0.1) is 10.8 Å². The minimum atomic E-state index is -5.23. The summed E-state index contributed by atoms with van der Waals surface area (Å²) in [5, 5.41) is 0. The molecule has 2 atom stereocenters. The third-order valence-electron chi connectivity index (χ3n) is 18.2. The first-order valence-corrected chi connectivity index (χ1v) is 44.1. The van der Waals surface area contributed by atoms with Crippen molar-refractivity contribution in [3.63, 3.8) is 0 Å². The third-order valence-corrected chi connectivity index (χ3v) is 70.0. The molecule has 0 bridgehead atoms. The van der Waals surface area contributed by atoms with Crippen molar-refractivity contribution in [3.05, 3.63) is 129 Å². The summed E-state index contributed by atoms with van der Waals surface area (Å²) < 4.78 is 0.172. The molecule has 2 fully saturated rings. The summed E-state index contributed by atoms with van der Waals surface area (Å²) >= 11 is -5.23. The molecule has 0 spiro atoms. The first-order valence-electron chi connectivity index (χ1n) is 27.8. The summed E-state index contributed by atoms with van der Waals surface area (Å²) in [6.07, 6.45) is 31.6. The zero-order valence-electron chi connectivity index (χ0n) is 44.4. The second-order valence-corrected chi connectivity index (χ2v) is 67.9. The van der Waals surface area contributed by atoms with Crippen molar-refractivity contribution in [1.29, 1.82) is 0 Å². The van der Waals surface area contributed by atoms with Crippen LogP contribution < -0.4 is 0 Å². The van der Waals surface area contributed by atoms with E-state index in [-0.39, 0.29) is 28.9 Å². The molecular formula is C64H89Cl2SiZr. The van der Waals surface area contributed by atoms with E-state index in [4.69, 9.17) is 0 Å². The fraction of sp³-hybridized carbons (Fsp3) is 0.562. The van der Waals surface area contributed by atoms with Gasteiger partial charge in [-0.15, -0.1) is 0 Å². The third kappa shape index (κ3) is 10.5. The predicted octanol–water partition coefficient (Wildman–Crippen LogP) is 21.0. The number of hydrogen-bond donors (Lipinski definition) is 0. The van der Waals surface area contributed by atoms with Gasteiger partial charge in [-0.05, 0) is 0 Å². The number of benzene rings is 4. The molecule has 4 aromatic rings. The maximum absolute atomic E-state index is 9.48. The van der Waals surface area contributed by atoms with E-state index in [0.717, 1.165) is 12.8 Å². The molecule has 4 aliphatic carbocycles. The molecule has 0 amide bonds. The number of halogens is 2. The Morgan fingerprint density at radius 1 is 0.500 bits per heavy atom. The predicted molar refractivity (Wildman–Crippen MR) is 302 cm³/mol. The van der Waals surface area contributed by atoms with Gasteiger partial charge in [-0.25, -0.2) is 0 Å². The van der Waals surface area contributed by atoms with Gasteiger partial charge in [0.05, 0.1) is 0 Å². The van der Waals surface area contributed by atoms with Crippen molar-refractivity contribution in [3.8, 4) is 22.3 Å². The summed E-state index contributed by atoms with van der Waals surface area (Å²) in [5.74, 6) is -1.81. The molecule has 68 heavy (non-hydrogen) atoms. The molecule has 0 aliphatic heterocycles. The van der Waals surface area contributed by atoms with E-state index in [1.165, 1.54) is 171 Å². The average Bonchev–Trinajstić information content (AvgIpc) is 3.85. The van der Waals surface area contributed by atoms with Crippen molar-refractivity contribution in [2.75, 3.05) is 0 Å². The van der Waals surface area contributed by atoms with Crippen LogP contribution in [0.5, 0.6) is 0 Å². The van der Waals surface area contributed by atoms with Crippen LogP contribution >= 0.6 is 17.0 Å². The van der Waals surface area contributed by atoms with Crippen molar-refractivity contribution in [2.45, 2.75) is 215 Å². The summed E-state index contributed by atoms with van der Waals surface area (Å²) in [5.41, 5.74) is 17.7. The second kappa shape index (κ2) is 20.9. The van der Waals surface area contributed by atoms with E-state index >= 15 is 0 Å². The van der Waals surface area contributed by atoms with Crippen LogP contribution in [-0.2, 0) is 26.4 Å². The van der Waals surface area contributed by atoms with Gasteiger partial charge in [0.25, 0.3) is 0 Å². The van der Waals surface area contributed by atoms with Crippen LogP contribution in [0.2, 0.25) is 13.1 Å². The van der Waals surface area contributed by atoms with E-state index in [9.17, 15) is 17.0 Å². The Morgan fingerprint density at radius 3 is 1.15 bits per heavy atom. The van der Waals surface area contributed by atoms with E-state index in [0.29, 0.717) is 0 Å². The minimum absolute atomic E-state index is 0.0861. The van der Waals surface area contributed by atoms with E-state index < -0.39 is 21.5 Å². The molecule has 2 saturated carbocycles. The van der Waals surface area contributed by atoms with Crippen LogP contribution in [0.3, 0.4) is 0 Å². The van der Waals surface area contributed by atoms with Crippen LogP contribution in [-0.4, -0.2) is 5.92 Å². The first kappa shape index (κ1) is 52.4. The molecule has 8 rings (SSSR count). The molecule has 0 N–H and O–H groups in total. The maximum atomic E-state index is 9.48. The monoisotopic (exact) mass is 1050 g/mol. The van der Waals surface area contributed by atoms with Gasteiger partial charge in [0.2, 0.25) is 0 Å². The first-order chi connectivity index (χ1) is 32.3. The van der Waals surface area contributed by atoms with E-state index in [1.807, 2.05) is 0 Å². The summed E-state index contributed by atoms with van der Waals surface area (Å²) in [6.45, 7) is 24.0. The number of fused-ring (bicyclic) bond motifs is 2. The number of rotatable bonds is 13. The van der Waals surface area contributed by atoms with Gasteiger partial charge in [0, 0.05) is 0 Å². The molecule has 367 valence electrons. The second-order valence-electron chi connectivity index (χ2n) is 25.3. The van der Waals surface area contributed by atoms with Crippen LogP contribution in [0.1, 0.15) is 224 Å². The molecule has 0 saturated heterocycles. The average molecular weight is 1050 g/mol.